The van der Waals surface area contributed by atoms with Crippen molar-refractivity contribution < 1.29 is 9.47 Å². The van der Waals surface area contributed by atoms with Crippen LogP contribution in [0.15, 0.2) is 34.6 Å². The maximum Gasteiger partial charge on any atom is 0.191 e. The van der Waals surface area contributed by atoms with E-state index in [2.05, 4.69) is 26.0 Å². The standard InChI is InChI=1S/C18H26N4O2S.HI/c1-14-13-25-17(22-14)5-4-10-20-18(19-2)21-11-12-24-16-8-6-15(23-3)7-9-16;/h6-9,13H,4-5,10-12H2,1-3H3,(H2,19,20,21);1H. The molecule has 0 aliphatic rings. The average Bonchev–Trinajstić information content (AvgIpc) is 3.06. The van der Waals surface area contributed by atoms with Gasteiger partial charge < -0.3 is 20.1 Å². The Morgan fingerprint density at radius 2 is 1.85 bits per heavy atom. The average molecular weight is 490 g/mol. The molecule has 26 heavy (non-hydrogen) atoms. The summed E-state index contributed by atoms with van der Waals surface area (Å²) in [5.41, 5.74) is 1.10. The van der Waals surface area contributed by atoms with Crippen LogP contribution in [0.3, 0.4) is 0 Å². The summed E-state index contributed by atoms with van der Waals surface area (Å²) in [4.78, 5) is 8.68. The highest BCUT2D eigenvalue weighted by molar-refractivity contribution is 14.0. The second kappa shape index (κ2) is 12.7. The Labute approximate surface area is 176 Å². The fourth-order valence-electron chi connectivity index (χ4n) is 2.19. The maximum absolute atomic E-state index is 5.68. The molecule has 0 bridgehead atoms. The molecule has 6 nitrogen and oxygen atoms in total. The molecule has 0 aliphatic heterocycles. The van der Waals surface area contributed by atoms with Crippen LogP contribution in [0.5, 0.6) is 11.5 Å². The van der Waals surface area contributed by atoms with Gasteiger partial charge in [0, 0.05) is 31.1 Å². The first-order chi connectivity index (χ1) is 12.2. The minimum atomic E-state index is 0. The normalized spacial score (nSPS) is 10.8. The number of hydrogen-bond donors (Lipinski definition) is 2. The summed E-state index contributed by atoms with van der Waals surface area (Å²) in [6.45, 7) is 4.12. The van der Waals surface area contributed by atoms with Gasteiger partial charge in [0.15, 0.2) is 5.96 Å². The molecule has 0 atom stereocenters. The van der Waals surface area contributed by atoms with Gasteiger partial charge in [-0.15, -0.1) is 35.3 Å². The van der Waals surface area contributed by atoms with Crippen LogP contribution >= 0.6 is 35.3 Å². The van der Waals surface area contributed by atoms with Crippen molar-refractivity contribution in [3.05, 3.63) is 40.3 Å². The van der Waals surface area contributed by atoms with Crippen molar-refractivity contribution in [2.45, 2.75) is 19.8 Å². The quantitative estimate of drug-likeness (QED) is 0.245. The van der Waals surface area contributed by atoms with E-state index in [1.807, 2.05) is 31.2 Å². The number of nitrogens with one attached hydrogen (secondary N) is 2. The first-order valence-electron chi connectivity index (χ1n) is 8.33. The molecule has 8 heteroatoms. The van der Waals surface area contributed by atoms with Gasteiger partial charge in [-0.1, -0.05) is 0 Å². The summed E-state index contributed by atoms with van der Waals surface area (Å²) < 4.78 is 10.8. The van der Waals surface area contributed by atoms with E-state index in [0.29, 0.717) is 13.2 Å². The van der Waals surface area contributed by atoms with Crippen molar-refractivity contribution in [2.24, 2.45) is 4.99 Å². The van der Waals surface area contributed by atoms with Crippen molar-refractivity contribution in [1.82, 2.24) is 15.6 Å². The van der Waals surface area contributed by atoms with Crippen LogP contribution < -0.4 is 20.1 Å². The molecule has 0 saturated carbocycles. The van der Waals surface area contributed by atoms with Crippen LogP contribution in [0, 0.1) is 6.92 Å². The Bertz CT molecular complexity index is 661. The van der Waals surface area contributed by atoms with Crippen molar-refractivity contribution >= 4 is 41.3 Å². The summed E-state index contributed by atoms with van der Waals surface area (Å²) in [5.74, 6) is 2.43. The fourth-order valence-corrected chi connectivity index (χ4v) is 3.01. The summed E-state index contributed by atoms with van der Waals surface area (Å²) >= 11 is 1.72. The zero-order valence-corrected chi connectivity index (χ0v) is 18.6. The van der Waals surface area contributed by atoms with E-state index in [1.165, 1.54) is 5.01 Å². The molecule has 2 N–H and O–H groups in total. The summed E-state index contributed by atoms with van der Waals surface area (Å²) in [5, 5.41) is 9.82. The number of hydrogen-bond acceptors (Lipinski definition) is 5. The number of rotatable bonds is 9. The molecule has 2 aromatic rings. The molecule has 1 heterocycles. The van der Waals surface area contributed by atoms with E-state index in [1.54, 1.807) is 25.5 Å². The van der Waals surface area contributed by atoms with Gasteiger partial charge in [-0.25, -0.2) is 4.98 Å². The molecule has 1 aromatic heterocycles. The van der Waals surface area contributed by atoms with Gasteiger partial charge in [0.05, 0.1) is 18.7 Å². The lowest BCUT2D eigenvalue weighted by molar-refractivity contribution is 0.321. The molecule has 0 fully saturated rings. The molecule has 0 radical (unpaired) electrons. The second-order valence-electron chi connectivity index (χ2n) is 5.44. The molecule has 144 valence electrons. The van der Waals surface area contributed by atoms with Crippen LogP contribution in [0.25, 0.3) is 0 Å². The van der Waals surface area contributed by atoms with Crippen LogP contribution in [0.2, 0.25) is 0 Å². The molecule has 0 amide bonds. The van der Waals surface area contributed by atoms with Crippen molar-refractivity contribution in [3.8, 4) is 11.5 Å². The topological polar surface area (TPSA) is 67.8 Å². The summed E-state index contributed by atoms with van der Waals surface area (Å²) in [7, 11) is 3.42. The summed E-state index contributed by atoms with van der Waals surface area (Å²) in [6, 6.07) is 7.55. The minimum Gasteiger partial charge on any atom is -0.497 e. The number of thiazole rings is 1. The first-order valence-corrected chi connectivity index (χ1v) is 9.21. The number of methoxy groups -OCH3 is 1. The number of aromatic nitrogens is 1. The van der Waals surface area contributed by atoms with Crippen molar-refractivity contribution in [3.63, 3.8) is 0 Å². The third-order valence-corrected chi connectivity index (χ3v) is 4.50. The number of nitrogens with zero attached hydrogens (tertiary/aromatic N) is 2. The molecule has 0 aliphatic carbocycles. The monoisotopic (exact) mass is 490 g/mol. The van der Waals surface area contributed by atoms with Gasteiger partial charge in [0.2, 0.25) is 0 Å². The third-order valence-electron chi connectivity index (χ3n) is 3.47. The van der Waals surface area contributed by atoms with Crippen molar-refractivity contribution in [2.75, 3.05) is 33.9 Å². The first kappa shape index (κ1) is 22.5. The zero-order chi connectivity index (χ0) is 17.9. The lowest BCUT2D eigenvalue weighted by Crippen LogP contribution is -2.39. The number of aliphatic imine (C=N–C) groups is 1. The van der Waals surface area contributed by atoms with Gasteiger partial charge in [-0.3, -0.25) is 4.99 Å². The summed E-state index contributed by atoms with van der Waals surface area (Å²) in [6.07, 6.45) is 2.01. The van der Waals surface area contributed by atoms with Gasteiger partial charge in [0.1, 0.15) is 18.1 Å². The number of ether oxygens (including phenoxy) is 2. The smallest absolute Gasteiger partial charge is 0.191 e. The highest BCUT2D eigenvalue weighted by Crippen LogP contribution is 2.16. The predicted molar refractivity (Wildman–Crippen MR) is 118 cm³/mol. The van der Waals surface area contributed by atoms with Crippen molar-refractivity contribution in [1.29, 1.82) is 0 Å². The Morgan fingerprint density at radius 1 is 1.15 bits per heavy atom. The predicted octanol–water partition coefficient (Wildman–Crippen LogP) is 3.25. The van der Waals surface area contributed by atoms with Crippen LogP contribution in [0.4, 0.5) is 0 Å². The highest BCUT2D eigenvalue weighted by atomic mass is 127. The zero-order valence-electron chi connectivity index (χ0n) is 15.4. The van der Waals surface area contributed by atoms with Crippen LogP contribution in [-0.2, 0) is 6.42 Å². The lowest BCUT2D eigenvalue weighted by Gasteiger charge is -2.12. The number of guanidine groups is 1. The molecule has 0 unspecified atom stereocenters. The fraction of sp³-hybridized carbons (Fsp3) is 0.444. The SMILES string of the molecule is CN=C(NCCCc1nc(C)cs1)NCCOc1ccc(OC)cc1.I. The van der Waals surface area contributed by atoms with E-state index in [0.717, 1.165) is 42.5 Å². The van der Waals surface area contributed by atoms with Gasteiger partial charge >= 0.3 is 0 Å². The second-order valence-corrected chi connectivity index (χ2v) is 6.38. The van der Waals surface area contributed by atoms with E-state index >= 15 is 0 Å². The molecule has 2 rings (SSSR count). The number of aryl methyl sites for hydroxylation is 2. The van der Waals surface area contributed by atoms with E-state index in [4.69, 9.17) is 9.47 Å². The lowest BCUT2D eigenvalue weighted by atomic mass is 10.3. The molecular weight excluding hydrogens is 463 g/mol. The Morgan fingerprint density at radius 3 is 2.46 bits per heavy atom. The van der Waals surface area contributed by atoms with E-state index < -0.39 is 0 Å². The van der Waals surface area contributed by atoms with Crippen LogP contribution in [0.1, 0.15) is 17.1 Å². The Balaban J connectivity index is 0.00000338. The van der Waals surface area contributed by atoms with Gasteiger partial charge in [0.25, 0.3) is 0 Å². The van der Waals surface area contributed by atoms with Gasteiger partial charge in [-0.2, -0.15) is 0 Å². The third kappa shape index (κ3) is 8.22. The van der Waals surface area contributed by atoms with Crippen LogP contribution in [-0.4, -0.2) is 44.8 Å². The molecule has 0 saturated heterocycles. The molecule has 0 spiro atoms. The van der Waals surface area contributed by atoms with E-state index in [-0.39, 0.29) is 24.0 Å². The Hall–Kier alpha value is -1.55. The van der Waals surface area contributed by atoms with Gasteiger partial charge in [-0.05, 0) is 37.6 Å². The minimum absolute atomic E-state index is 0. The Kier molecular flexibility index (Phi) is 11.0. The number of benzene rings is 1. The van der Waals surface area contributed by atoms with E-state index in [9.17, 15) is 0 Å². The maximum atomic E-state index is 5.68. The molecule has 1 aromatic carbocycles. The molecular formula is C18H27IN4O2S. The number of halogens is 1. The highest BCUT2D eigenvalue weighted by Gasteiger charge is 2.01. The largest absolute Gasteiger partial charge is 0.497 e.